The molecule has 0 aromatic heterocycles. The van der Waals surface area contributed by atoms with Crippen molar-refractivity contribution in [3.8, 4) is 0 Å². The predicted molar refractivity (Wildman–Crippen MR) is 116 cm³/mol. The minimum Gasteiger partial charge on any atom is -0.369 e. The van der Waals surface area contributed by atoms with Gasteiger partial charge in [0.25, 0.3) is 0 Å². The first-order valence-corrected chi connectivity index (χ1v) is 12.3. The fourth-order valence-corrected chi connectivity index (χ4v) is 6.47. The Kier molecular flexibility index (Phi) is 5.17. The SMILES string of the molecule is CNC(=O)N1CC2CN(c3ccc(N4CCS(=O)(=O)CC4)cc3)C(C1)C(C)(C)C2. The number of anilines is 2. The van der Waals surface area contributed by atoms with Crippen LogP contribution < -0.4 is 15.1 Å². The van der Waals surface area contributed by atoms with Crippen LogP contribution in [0.3, 0.4) is 0 Å². The van der Waals surface area contributed by atoms with Crippen LogP contribution in [0.15, 0.2) is 24.3 Å². The summed E-state index contributed by atoms with van der Waals surface area (Å²) >= 11 is 0. The second kappa shape index (κ2) is 7.38. The summed E-state index contributed by atoms with van der Waals surface area (Å²) in [5.41, 5.74) is 2.39. The van der Waals surface area contributed by atoms with Crippen molar-refractivity contribution < 1.29 is 13.2 Å². The molecule has 4 heterocycles. The van der Waals surface area contributed by atoms with E-state index in [0.29, 0.717) is 19.0 Å². The third kappa shape index (κ3) is 4.04. The second-order valence-corrected chi connectivity index (χ2v) is 11.6. The molecular weight excluding hydrogens is 388 g/mol. The van der Waals surface area contributed by atoms with Gasteiger partial charge in [0.15, 0.2) is 9.84 Å². The molecule has 5 rings (SSSR count). The van der Waals surface area contributed by atoms with Crippen LogP contribution in [0.4, 0.5) is 16.2 Å². The minimum absolute atomic E-state index is 0.00921. The Morgan fingerprint density at radius 1 is 1.03 bits per heavy atom. The number of sulfone groups is 1. The summed E-state index contributed by atoms with van der Waals surface area (Å²) in [7, 11) is -1.18. The number of hydrogen-bond donors (Lipinski definition) is 1. The monoisotopic (exact) mass is 420 g/mol. The molecule has 1 aromatic carbocycles. The lowest BCUT2D eigenvalue weighted by Gasteiger charge is -2.48. The molecule has 7 nitrogen and oxygen atoms in total. The van der Waals surface area contributed by atoms with E-state index in [1.807, 2.05) is 4.90 Å². The number of benzene rings is 1. The number of piperidine rings is 1. The topological polar surface area (TPSA) is 73.0 Å². The van der Waals surface area contributed by atoms with Crippen molar-refractivity contribution in [1.82, 2.24) is 10.2 Å². The molecule has 0 saturated carbocycles. The molecule has 4 saturated heterocycles. The summed E-state index contributed by atoms with van der Waals surface area (Å²) < 4.78 is 23.4. The standard InChI is InChI=1S/C21H32N4O3S/c1-21(2)12-16-13-24(20(26)22-3)15-19(21)25(14-16)18-6-4-17(5-7-18)23-8-10-29(27,28)11-9-23/h4-7,16,19H,8-15H2,1-3H3,(H,22,26). The van der Waals surface area contributed by atoms with Crippen molar-refractivity contribution >= 4 is 27.2 Å². The van der Waals surface area contributed by atoms with E-state index in [4.69, 9.17) is 0 Å². The molecule has 1 N–H and O–H groups in total. The molecule has 2 atom stereocenters. The maximum Gasteiger partial charge on any atom is 0.317 e. The average molecular weight is 421 g/mol. The summed E-state index contributed by atoms with van der Waals surface area (Å²) in [6.07, 6.45) is 1.13. The second-order valence-electron chi connectivity index (χ2n) is 9.34. The number of nitrogens with zero attached hydrogens (tertiary/aromatic N) is 3. The predicted octanol–water partition coefficient (Wildman–Crippen LogP) is 1.80. The summed E-state index contributed by atoms with van der Waals surface area (Å²) in [4.78, 5) is 18.9. The molecule has 8 heteroatoms. The summed E-state index contributed by atoms with van der Waals surface area (Å²) in [6.45, 7) is 8.24. The molecule has 2 bridgehead atoms. The first kappa shape index (κ1) is 20.3. The molecule has 0 radical (unpaired) electrons. The molecule has 29 heavy (non-hydrogen) atoms. The molecule has 2 unspecified atom stereocenters. The molecule has 4 aliphatic heterocycles. The highest BCUT2D eigenvalue weighted by Gasteiger charge is 2.46. The first-order valence-electron chi connectivity index (χ1n) is 10.5. The maximum absolute atomic E-state index is 12.3. The van der Waals surface area contributed by atoms with Gasteiger partial charge >= 0.3 is 6.03 Å². The number of hydrogen-bond acceptors (Lipinski definition) is 5. The van der Waals surface area contributed by atoms with Crippen molar-refractivity contribution in [3.63, 3.8) is 0 Å². The van der Waals surface area contributed by atoms with Crippen LogP contribution in [-0.2, 0) is 9.84 Å². The van der Waals surface area contributed by atoms with Gasteiger partial charge in [-0.05, 0) is 42.0 Å². The van der Waals surface area contributed by atoms with Crippen LogP contribution in [0.2, 0.25) is 0 Å². The van der Waals surface area contributed by atoms with E-state index in [9.17, 15) is 13.2 Å². The van der Waals surface area contributed by atoms with Crippen molar-refractivity contribution in [1.29, 1.82) is 0 Å². The Morgan fingerprint density at radius 3 is 2.28 bits per heavy atom. The van der Waals surface area contributed by atoms with Crippen LogP contribution in [0, 0.1) is 11.3 Å². The highest BCUT2D eigenvalue weighted by Crippen LogP contribution is 2.43. The van der Waals surface area contributed by atoms with Gasteiger partial charge in [0.1, 0.15) is 0 Å². The van der Waals surface area contributed by atoms with E-state index in [-0.39, 0.29) is 29.0 Å². The van der Waals surface area contributed by atoms with Crippen LogP contribution in [0.5, 0.6) is 0 Å². The van der Waals surface area contributed by atoms with E-state index in [2.05, 4.69) is 53.2 Å². The Hall–Kier alpha value is -1.96. The Balaban J connectivity index is 1.54. The Bertz CT molecular complexity index is 854. The van der Waals surface area contributed by atoms with E-state index in [0.717, 1.165) is 31.7 Å². The molecule has 0 spiro atoms. The van der Waals surface area contributed by atoms with Crippen LogP contribution in [0.1, 0.15) is 20.3 Å². The van der Waals surface area contributed by atoms with E-state index < -0.39 is 9.84 Å². The highest BCUT2D eigenvalue weighted by molar-refractivity contribution is 7.91. The zero-order valence-electron chi connectivity index (χ0n) is 17.6. The Labute approximate surface area is 174 Å². The number of carbonyl (C=O) groups is 1. The van der Waals surface area contributed by atoms with Crippen LogP contribution >= 0.6 is 0 Å². The molecular formula is C21H32N4O3S. The van der Waals surface area contributed by atoms with Crippen molar-refractivity contribution in [2.45, 2.75) is 26.3 Å². The van der Waals surface area contributed by atoms with Crippen molar-refractivity contribution in [3.05, 3.63) is 24.3 Å². The highest BCUT2D eigenvalue weighted by atomic mass is 32.2. The number of nitrogens with one attached hydrogen (secondary N) is 1. The fraction of sp³-hybridized carbons (Fsp3) is 0.667. The van der Waals surface area contributed by atoms with Gasteiger partial charge in [-0.15, -0.1) is 0 Å². The molecule has 4 fully saturated rings. The third-order valence-electron chi connectivity index (χ3n) is 6.81. The lowest BCUT2D eigenvalue weighted by molar-refractivity contribution is 0.188. The van der Waals surface area contributed by atoms with E-state index >= 15 is 0 Å². The van der Waals surface area contributed by atoms with Gasteiger partial charge in [0, 0.05) is 51.1 Å². The van der Waals surface area contributed by atoms with Crippen LogP contribution in [0.25, 0.3) is 0 Å². The van der Waals surface area contributed by atoms with Gasteiger partial charge < -0.3 is 20.0 Å². The molecule has 1 aromatic rings. The first-order chi connectivity index (χ1) is 13.7. The molecule has 0 aliphatic carbocycles. The lowest BCUT2D eigenvalue weighted by atomic mass is 9.73. The third-order valence-corrected chi connectivity index (χ3v) is 8.42. The summed E-state index contributed by atoms with van der Waals surface area (Å²) in [5, 5.41) is 2.78. The molecule has 4 aliphatic rings. The number of urea groups is 1. The average Bonchev–Trinajstić information content (AvgIpc) is 2.94. The number of fused-ring (bicyclic) bond motifs is 4. The number of rotatable bonds is 2. The number of amides is 2. The lowest BCUT2D eigenvalue weighted by Crippen LogP contribution is -2.54. The van der Waals surface area contributed by atoms with Gasteiger partial charge in [-0.2, -0.15) is 0 Å². The molecule has 2 amide bonds. The van der Waals surface area contributed by atoms with Crippen molar-refractivity contribution in [2.24, 2.45) is 11.3 Å². The minimum atomic E-state index is -2.87. The largest absolute Gasteiger partial charge is 0.369 e. The zero-order valence-corrected chi connectivity index (χ0v) is 18.4. The van der Waals surface area contributed by atoms with Crippen LogP contribution in [-0.4, -0.2) is 76.7 Å². The zero-order chi connectivity index (χ0) is 20.8. The van der Waals surface area contributed by atoms with Gasteiger partial charge in [-0.3, -0.25) is 0 Å². The summed E-state index contributed by atoms with van der Waals surface area (Å²) in [5.74, 6) is 0.912. The smallest absolute Gasteiger partial charge is 0.317 e. The normalized spacial score (nSPS) is 28.2. The van der Waals surface area contributed by atoms with Crippen molar-refractivity contribution in [2.75, 3.05) is 61.1 Å². The van der Waals surface area contributed by atoms with Gasteiger partial charge in [-0.25, -0.2) is 13.2 Å². The molecule has 160 valence electrons. The van der Waals surface area contributed by atoms with Gasteiger partial charge in [-0.1, -0.05) is 13.8 Å². The maximum atomic E-state index is 12.3. The quantitative estimate of drug-likeness (QED) is 0.790. The number of carbonyl (C=O) groups excluding carboxylic acids is 1. The summed E-state index contributed by atoms with van der Waals surface area (Å²) in [6, 6.07) is 8.79. The fourth-order valence-electron chi connectivity index (χ4n) is 5.27. The van der Waals surface area contributed by atoms with Gasteiger partial charge in [0.2, 0.25) is 0 Å². The van der Waals surface area contributed by atoms with E-state index in [1.165, 1.54) is 5.69 Å². The Morgan fingerprint density at radius 2 is 1.66 bits per heavy atom. The van der Waals surface area contributed by atoms with Gasteiger partial charge in [0.05, 0.1) is 17.5 Å². The van der Waals surface area contributed by atoms with E-state index in [1.54, 1.807) is 7.05 Å².